The summed E-state index contributed by atoms with van der Waals surface area (Å²) >= 11 is 0. The van der Waals surface area contributed by atoms with Crippen molar-refractivity contribution in [3.05, 3.63) is 29.6 Å². The van der Waals surface area contributed by atoms with Gasteiger partial charge >= 0.3 is 0 Å². The summed E-state index contributed by atoms with van der Waals surface area (Å²) in [6.45, 7) is 1.35. The number of carbonyl (C=O) groups is 2. The highest BCUT2D eigenvalue weighted by Gasteiger charge is 2.22. The van der Waals surface area contributed by atoms with Crippen LogP contribution in [0.4, 0.5) is 10.1 Å². The molecule has 2 rings (SSSR count). The number of nitrogens with zero attached hydrogens (tertiary/aromatic N) is 2. The van der Waals surface area contributed by atoms with Crippen LogP contribution in [-0.4, -0.2) is 43.8 Å². The molecule has 0 spiro atoms. The van der Waals surface area contributed by atoms with E-state index in [2.05, 4.69) is 0 Å². The number of hydrogen-bond donors (Lipinski definition) is 0. The first kappa shape index (κ1) is 11.6. The van der Waals surface area contributed by atoms with Crippen molar-refractivity contribution >= 4 is 17.9 Å². The number of likely N-dealkylation sites (N-methyl/N-ethyl adjacent to an activating group) is 1. The zero-order valence-electron chi connectivity index (χ0n) is 9.52. The second-order valence-electron chi connectivity index (χ2n) is 4.07. The molecule has 1 aromatic rings. The van der Waals surface area contributed by atoms with E-state index in [1.54, 1.807) is 22.9 Å². The van der Waals surface area contributed by atoms with Crippen LogP contribution in [-0.2, 0) is 4.79 Å². The van der Waals surface area contributed by atoms with Crippen molar-refractivity contribution in [2.75, 3.05) is 31.6 Å². The maximum absolute atomic E-state index is 13.7. The van der Waals surface area contributed by atoms with Gasteiger partial charge in [0.25, 0.3) is 0 Å². The molecular formula is C12H13FN2O2. The predicted molar refractivity (Wildman–Crippen MR) is 61.6 cm³/mol. The summed E-state index contributed by atoms with van der Waals surface area (Å²) in [5.41, 5.74) is 0.670. The summed E-state index contributed by atoms with van der Waals surface area (Å²) in [5.74, 6) is -0.498. The van der Waals surface area contributed by atoms with Gasteiger partial charge in [0.05, 0.1) is 12.2 Å². The summed E-state index contributed by atoms with van der Waals surface area (Å²) in [4.78, 5) is 25.3. The summed E-state index contributed by atoms with van der Waals surface area (Å²) < 4.78 is 13.7. The van der Waals surface area contributed by atoms with Crippen LogP contribution in [0.5, 0.6) is 0 Å². The molecule has 0 saturated carbocycles. The molecule has 1 aliphatic rings. The largest absolute Gasteiger partial charge is 0.358 e. The van der Waals surface area contributed by atoms with Crippen LogP contribution in [0.3, 0.4) is 0 Å². The Balaban J connectivity index is 2.23. The smallest absolute Gasteiger partial charge is 0.241 e. The molecule has 1 heterocycles. The third-order valence-corrected chi connectivity index (χ3v) is 2.91. The molecule has 0 N–H and O–H groups in total. The minimum Gasteiger partial charge on any atom is -0.358 e. The maximum Gasteiger partial charge on any atom is 0.241 e. The summed E-state index contributed by atoms with van der Waals surface area (Å²) in [7, 11) is 1.73. The van der Waals surface area contributed by atoms with Gasteiger partial charge < -0.3 is 9.80 Å². The number of amides is 1. The standard InChI is InChI=1S/C12H13FN2O2/c1-14-4-5-15(7-12(14)17)11-3-2-9(8-16)6-10(11)13/h2-3,6,8H,4-5,7H2,1H3. The van der Waals surface area contributed by atoms with Gasteiger partial charge in [0, 0.05) is 25.7 Å². The predicted octanol–water partition coefficient (Wildman–Crippen LogP) is 0.917. The van der Waals surface area contributed by atoms with Gasteiger partial charge in [-0.25, -0.2) is 4.39 Å². The van der Waals surface area contributed by atoms with Crippen LogP contribution < -0.4 is 4.90 Å². The average molecular weight is 236 g/mol. The lowest BCUT2D eigenvalue weighted by Gasteiger charge is -2.33. The normalized spacial score (nSPS) is 16.2. The lowest BCUT2D eigenvalue weighted by Crippen LogP contribution is -2.48. The number of aldehydes is 1. The maximum atomic E-state index is 13.7. The van der Waals surface area contributed by atoms with E-state index in [0.717, 1.165) is 0 Å². The topological polar surface area (TPSA) is 40.6 Å². The van der Waals surface area contributed by atoms with E-state index in [1.165, 1.54) is 12.1 Å². The Morgan fingerprint density at radius 2 is 2.12 bits per heavy atom. The van der Waals surface area contributed by atoms with Crippen LogP contribution in [0.15, 0.2) is 18.2 Å². The lowest BCUT2D eigenvalue weighted by atomic mass is 10.2. The van der Waals surface area contributed by atoms with Gasteiger partial charge in [-0.05, 0) is 18.2 Å². The van der Waals surface area contributed by atoms with Crippen molar-refractivity contribution in [3.8, 4) is 0 Å². The average Bonchev–Trinajstić information content (AvgIpc) is 2.32. The van der Waals surface area contributed by atoms with Gasteiger partial charge in [-0.3, -0.25) is 9.59 Å². The Labute approximate surface area is 98.6 Å². The molecule has 17 heavy (non-hydrogen) atoms. The number of carbonyl (C=O) groups excluding carboxylic acids is 2. The Morgan fingerprint density at radius 3 is 2.71 bits per heavy atom. The Morgan fingerprint density at radius 1 is 1.35 bits per heavy atom. The molecule has 1 aliphatic heterocycles. The molecule has 1 saturated heterocycles. The molecule has 4 nitrogen and oxygen atoms in total. The van der Waals surface area contributed by atoms with E-state index in [0.29, 0.717) is 30.6 Å². The van der Waals surface area contributed by atoms with Crippen LogP contribution in [0, 0.1) is 5.82 Å². The van der Waals surface area contributed by atoms with Crippen LogP contribution in [0.25, 0.3) is 0 Å². The molecule has 0 aromatic heterocycles. The van der Waals surface area contributed by atoms with Gasteiger partial charge in [-0.15, -0.1) is 0 Å². The highest BCUT2D eigenvalue weighted by atomic mass is 19.1. The van der Waals surface area contributed by atoms with Gasteiger partial charge in [0.1, 0.15) is 12.1 Å². The summed E-state index contributed by atoms with van der Waals surface area (Å²) in [6, 6.07) is 4.27. The van der Waals surface area contributed by atoms with Crippen molar-refractivity contribution in [1.29, 1.82) is 0 Å². The monoisotopic (exact) mass is 236 g/mol. The summed E-state index contributed by atoms with van der Waals surface area (Å²) in [5, 5.41) is 0. The fourth-order valence-corrected chi connectivity index (χ4v) is 1.82. The number of hydrogen-bond acceptors (Lipinski definition) is 3. The van der Waals surface area contributed by atoms with E-state index >= 15 is 0 Å². The highest BCUT2D eigenvalue weighted by molar-refractivity contribution is 5.83. The van der Waals surface area contributed by atoms with E-state index in [9.17, 15) is 14.0 Å². The molecule has 0 unspecified atom stereocenters. The minimum atomic E-state index is -0.466. The number of anilines is 1. The van der Waals surface area contributed by atoms with Gasteiger partial charge in [-0.1, -0.05) is 0 Å². The molecule has 90 valence electrons. The summed E-state index contributed by atoms with van der Waals surface area (Å²) in [6.07, 6.45) is 0.599. The zero-order valence-corrected chi connectivity index (χ0v) is 9.52. The fraction of sp³-hybridized carbons (Fsp3) is 0.333. The van der Waals surface area contributed by atoms with Gasteiger partial charge in [0.15, 0.2) is 0 Å². The number of halogens is 1. The van der Waals surface area contributed by atoms with Crippen LogP contribution in [0.1, 0.15) is 10.4 Å². The molecule has 0 bridgehead atoms. The number of benzene rings is 1. The molecule has 1 amide bonds. The molecule has 5 heteroatoms. The van der Waals surface area contributed by atoms with Gasteiger partial charge in [0.2, 0.25) is 5.91 Å². The quantitative estimate of drug-likeness (QED) is 0.717. The van der Waals surface area contributed by atoms with Crippen molar-refractivity contribution in [2.45, 2.75) is 0 Å². The molecular weight excluding hydrogens is 223 g/mol. The number of piperazine rings is 1. The van der Waals surface area contributed by atoms with E-state index < -0.39 is 5.82 Å². The SMILES string of the molecule is CN1CCN(c2ccc(C=O)cc2F)CC1=O. The zero-order chi connectivity index (χ0) is 12.4. The van der Waals surface area contributed by atoms with E-state index in [1.807, 2.05) is 0 Å². The highest BCUT2D eigenvalue weighted by Crippen LogP contribution is 2.21. The Hall–Kier alpha value is -1.91. The van der Waals surface area contributed by atoms with E-state index in [4.69, 9.17) is 0 Å². The molecule has 1 aromatic carbocycles. The fourth-order valence-electron chi connectivity index (χ4n) is 1.82. The van der Waals surface area contributed by atoms with Crippen molar-refractivity contribution in [2.24, 2.45) is 0 Å². The lowest BCUT2D eigenvalue weighted by molar-refractivity contribution is -0.129. The molecule has 0 atom stereocenters. The van der Waals surface area contributed by atoms with Crippen LogP contribution in [0.2, 0.25) is 0 Å². The number of rotatable bonds is 2. The minimum absolute atomic E-state index is 0.0323. The van der Waals surface area contributed by atoms with E-state index in [-0.39, 0.29) is 12.5 Å². The second kappa shape index (κ2) is 4.53. The molecule has 1 fully saturated rings. The van der Waals surface area contributed by atoms with Crippen molar-refractivity contribution in [3.63, 3.8) is 0 Å². The second-order valence-corrected chi connectivity index (χ2v) is 4.07. The van der Waals surface area contributed by atoms with Crippen molar-refractivity contribution in [1.82, 2.24) is 4.90 Å². The van der Waals surface area contributed by atoms with Gasteiger partial charge in [-0.2, -0.15) is 0 Å². The first-order valence-electron chi connectivity index (χ1n) is 5.35. The van der Waals surface area contributed by atoms with Crippen LogP contribution >= 0.6 is 0 Å². The Kier molecular flexibility index (Phi) is 3.08. The third kappa shape index (κ3) is 2.27. The van der Waals surface area contributed by atoms with Crippen molar-refractivity contribution < 1.29 is 14.0 Å². The third-order valence-electron chi connectivity index (χ3n) is 2.91. The molecule has 0 aliphatic carbocycles. The Bertz CT molecular complexity index is 462. The first-order chi connectivity index (χ1) is 8.11. The first-order valence-corrected chi connectivity index (χ1v) is 5.35. The molecule has 0 radical (unpaired) electrons.